The van der Waals surface area contributed by atoms with Crippen LogP contribution in [0.4, 0.5) is 5.69 Å². The van der Waals surface area contributed by atoms with Gasteiger partial charge in [0.2, 0.25) is 21.8 Å². The third kappa shape index (κ3) is 7.58. The van der Waals surface area contributed by atoms with Gasteiger partial charge < -0.3 is 10.2 Å². The lowest BCUT2D eigenvalue weighted by Gasteiger charge is -2.33. The predicted octanol–water partition coefficient (Wildman–Crippen LogP) is 3.45. The molecule has 0 saturated carbocycles. The van der Waals surface area contributed by atoms with Crippen LogP contribution in [0.15, 0.2) is 48.5 Å². The molecule has 2 aromatic carbocycles. The summed E-state index contributed by atoms with van der Waals surface area (Å²) in [7, 11) is -3.73. The summed E-state index contributed by atoms with van der Waals surface area (Å²) in [6.07, 6.45) is 2.87. The van der Waals surface area contributed by atoms with Gasteiger partial charge in [-0.3, -0.25) is 13.9 Å². The van der Waals surface area contributed by atoms with Crippen molar-refractivity contribution >= 4 is 27.5 Å². The van der Waals surface area contributed by atoms with Crippen molar-refractivity contribution in [1.82, 2.24) is 10.2 Å². The van der Waals surface area contributed by atoms with Gasteiger partial charge in [-0.2, -0.15) is 0 Å². The standard InChI is InChI=1S/C26H37N3O4S/c1-6-16-27-26(31)23(7-2)28(17-15-22-11-9-8-10-12-22)25(30)19-29(34(5,32)33)24-14-13-20(3)18-21(24)4/h8-14,18,23H,6-7,15-17,19H2,1-5H3,(H,27,31)/t23-/m0/s1. The largest absolute Gasteiger partial charge is 0.354 e. The summed E-state index contributed by atoms with van der Waals surface area (Å²) in [4.78, 5) is 28.0. The van der Waals surface area contributed by atoms with Gasteiger partial charge in [0.1, 0.15) is 12.6 Å². The summed E-state index contributed by atoms with van der Waals surface area (Å²) >= 11 is 0. The van der Waals surface area contributed by atoms with Crippen molar-refractivity contribution in [3.05, 3.63) is 65.2 Å². The number of nitrogens with one attached hydrogen (secondary N) is 1. The lowest BCUT2D eigenvalue weighted by Crippen LogP contribution is -2.53. The van der Waals surface area contributed by atoms with Crippen LogP contribution in [0.5, 0.6) is 0 Å². The summed E-state index contributed by atoms with van der Waals surface area (Å²) in [6.45, 7) is 8.05. The number of hydrogen-bond acceptors (Lipinski definition) is 4. The molecule has 1 N–H and O–H groups in total. The summed E-state index contributed by atoms with van der Waals surface area (Å²) < 4.78 is 26.5. The molecule has 34 heavy (non-hydrogen) atoms. The number of benzene rings is 2. The minimum Gasteiger partial charge on any atom is -0.354 e. The van der Waals surface area contributed by atoms with Crippen molar-refractivity contribution in [3.63, 3.8) is 0 Å². The highest BCUT2D eigenvalue weighted by Gasteiger charge is 2.31. The number of carbonyl (C=O) groups is 2. The van der Waals surface area contributed by atoms with Gasteiger partial charge in [-0.15, -0.1) is 0 Å². The average molecular weight is 488 g/mol. The van der Waals surface area contributed by atoms with E-state index in [1.807, 2.05) is 70.2 Å². The first kappa shape index (κ1) is 27.4. The summed E-state index contributed by atoms with van der Waals surface area (Å²) in [5.41, 5.74) is 3.28. The van der Waals surface area contributed by atoms with Crippen molar-refractivity contribution < 1.29 is 18.0 Å². The number of rotatable bonds is 12. The van der Waals surface area contributed by atoms with Crippen molar-refractivity contribution in [2.45, 2.75) is 53.0 Å². The SMILES string of the molecule is CCCNC(=O)[C@H](CC)N(CCc1ccccc1)C(=O)CN(c1ccc(C)cc1C)S(C)(=O)=O. The van der Waals surface area contributed by atoms with Gasteiger partial charge in [0.25, 0.3) is 0 Å². The zero-order chi connectivity index (χ0) is 25.3. The molecule has 2 amide bonds. The van der Waals surface area contributed by atoms with Crippen molar-refractivity contribution in [2.75, 3.05) is 30.2 Å². The molecule has 2 rings (SSSR count). The highest BCUT2D eigenvalue weighted by Crippen LogP contribution is 2.24. The number of anilines is 1. The molecule has 7 nitrogen and oxygen atoms in total. The number of aryl methyl sites for hydroxylation is 2. The van der Waals surface area contributed by atoms with Gasteiger partial charge in [0.15, 0.2) is 0 Å². The first-order valence-corrected chi connectivity index (χ1v) is 13.6. The van der Waals surface area contributed by atoms with Crippen LogP contribution in [0.2, 0.25) is 0 Å². The van der Waals surface area contributed by atoms with Crippen LogP contribution in [-0.4, -0.2) is 57.1 Å². The van der Waals surface area contributed by atoms with E-state index in [1.54, 1.807) is 6.07 Å². The maximum atomic E-state index is 13.6. The molecule has 186 valence electrons. The van der Waals surface area contributed by atoms with Gasteiger partial charge in [0.05, 0.1) is 11.9 Å². The van der Waals surface area contributed by atoms with Gasteiger partial charge in [0, 0.05) is 13.1 Å². The third-order valence-corrected chi connectivity index (χ3v) is 6.85. The second-order valence-corrected chi connectivity index (χ2v) is 10.5. The zero-order valence-electron chi connectivity index (χ0n) is 20.9. The maximum absolute atomic E-state index is 13.6. The monoisotopic (exact) mass is 487 g/mol. The second-order valence-electron chi connectivity index (χ2n) is 8.60. The molecule has 0 aliphatic rings. The van der Waals surface area contributed by atoms with Gasteiger partial charge in [-0.1, -0.05) is 61.9 Å². The van der Waals surface area contributed by atoms with E-state index in [1.165, 1.54) is 4.90 Å². The Morgan fingerprint density at radius 1 is 1.03 bits per heavy atom. The highest BCUT2D eigenvalue weighted by molar-refractivity contribution is 7.92. The van der Waals surface area contributed by atoms with E-state index in [0.29, 0.717) is 31.6 Å². The maximum Gasteiger partial charge on any atom is 0.244 e. The van der Waals surface area contributed by atoms with E-state index in [2.05, 4.69) is 5.32 Å². The molecule has 0 radical (unpaired) electrons. The van der Waals surface area contributed by atoms with E-state index in [-0.39, 0.29) is 12.5 Å². The summed E-state index contributed by atoms with van der Waals surface area (Å²) in [5.74, 6) is -0.622. The molecular weight excluding hydrogens is 450 g/mol. The Kier molecular flexibility index (Phi) is 10.1. The Morgan fingerprint density at radius 2 is 1.71 bits per heavy atom. The van der Waals surface area contributed by atoms with Crippen molar-refractivity contribution in [1.29, 1.82) is 0 Å². The van der Waals surface area contributed by atoms with Crippen LogP contribution < -0.4 is 9.62 Å². The van der Waals surface area contributed by atoms with Crippen molar-refractivity contribution in [3.8, 4) is 0 Å². The molecule has 0 fully saturated rings. The number of carbonyl (C=O) groups excluding carboxylic acids is 2. The van der Waals surface area contributed by atoms with Crippen LogP contribution >= 0.6 is 0 Å². The fraction of sp³-hybridized carbons (Fsp3) is 0.462. The van der Waals surface area contributed by atoms with E-state index < -0.39 is 22.0 Å². The van der Waals surface area contributed by atoms with E-state index in [9.17, 15) is 18.0 Å². The molecule has 0 heterocycles. The van der Waals surface area contributed by atoms with Crippen LogP contribution in [0.3, 0.4) is 0 Å². The lowest BCUT2D eigenvalue weighted by atomic mass is 10.1. The van der Waals surface area contributed by atoms with E-state index in [4.69, 9.17) is 0 Å². The quantitative estimate of drug-likeness (QED) is 0.497. The zero-order valence-corrected chi connectivity index (χ0v) is 21.7. The fourth-order valence-corrected chi connectivity index (χ4v) is 4.85. The fourth-order valence-electron chi connectivity index (χ4n) is 3.94. The van der Waals surface area contributed by atoms with E-state index in [0.717, 1.165) is 33.7 Å². The first-order chi connectivity index (χ1) is 16.1. The molecule has 0 saturated heterocycles. The second kappa shape index (κ2) is 12.6. The Balaban J connectivity index is 2.37. The molecule has 0 spiro atoms. The molecular formula is C26H37N3O4S. The van der Waals surface area contributed by atoms with Crippen molar-refractivity contribution in [2.24, 2.45) is 0 Å². The van der Waals surface area contributed by atoms with Crippen LogP contribution in [-0.2, 0) is 26.0 Å². The minimum absolute atomic E-state index is 0.219. The smallest absolute Gasteiger partial charge is 0.244 e. The average Bonchev–Trinajstić information content (AvgIpc) is 2.79. The number of hydrogen-bond donors (Lipinski definition) is 1. The number of amides is 2. The Morgan fingerprint density at radius 3 is 2.26 bits per heavy atom. The Bertz CT molecular complexity index is 1070. The third-order valence-electron chi connectivity index (χ3n) is 5.72. The van der Waals surface area contributed by atoms with Crippen LogP contribution in [0.25, 0.3) is 0 Å². The lowest BCUT2D eigenvalue weighted by molar-refractivity contribution is -0.139. The predicted molar refractivity (Wildman–Crippen MR) is 137 cm³/mol. The van der Waals surface area contributed by atoms with Crippen LogP contribution in [0.1, 0.15) is 43.4 Å². The highest BCUT2D eigenvalue weighted by atomic mass is 32.2. The molecule has 0 bridgehead atoms. The number of nitrogens with zero attached hydrogens (tertiary/aromatic N) is 2. The molecule has 8 heteroatoms. The Labute approximate surface area is 204 Å². The van der Waals surface area contributed by atoms with Gasteiger partial charge >= 0.3 is 0 Å². The first-order valence-electron chi connectivity index (χ1n) is 11.7. The molecule has 2 aromatic rings. The molecule has 0 aliphatic carbocycles. The summed E-state index contributed by atoms with van der Waals surface area (Å²) in [6, 6.07) is 14.5. The number of sulfonamides is 1. The molecule has 0 aromatic heterocycles. The van der Waals surface area contributed by atoms with Gasteiger partial charge in [-0.25, -0.2) is 8.42 Å². The summed E-state index contributed by atoms with van der Waals surface area (Å²) in [5, 5.41) is 2.88. The molecule has 0 aliphatic heterocycles. The minimum atomic E-state index is -3.73. The Hall–Kier alpha value is -2.87. The topological polar surface area (TPSA) is 86.8 Å². The molecule has 0 unspecified atom stereocenters. The normalized spacial score (nSPS) is 12.1. The van der Waals surface area contributed by atoms with Gasteiger partial charge in [-0.05, 0) is 50.3 Å². The van der Waals surface area contributed by atoms with E-state index >= 15 is 0 Å². The molecule has 1 atom stereocenters. The van der Waals surface area contributed by atoms with Crippen LogP contribution in [0, 0.1) is 13.8 Å².